The van der Waals surface area contributed by atoms with E-state index in [1.54, 1.807) is 19.2 Å². The third-order valence-corrected chi connectivity index (χ3v) is 4.90. The molecule has 24 heavy (non-hydrogen) atoms. The van der Waals surface area contributed by atoms with Gasteiger partial charge in [0.25, 0.3) is 0 Å². The van der Waals surface area contributed by atoms with Crippen LogP contribution in [0.25, 0.3) is 0 Å². The van der Waals surface area contributed by atoms with Crippen molar-refractivity contribution in [3.8, 4) is 11.5 Å². The summed E-state index contributed by atoms with van der Waals surface area (Å²) in [7, 11) is 1.62. The Labute approximate surface area is 149 Å². The zero-order valence-corrected chi connectivity index (χ0v) is 15.2. The van der Waals surface area contributed by atoms with Crippen LogP contribution in [0.2, 0.25) is 0 Å². The lowest BCUT2D eigenvalue weighted by molar-refractivity contribution is -0.0507. The molecule has 1 aromatic carbocycles. The van der Waals surface area contributed by atoms with Gasteiger partial charge in [-0.15, -0.1) is 0 Å². The number of ketones is 1. The number of methoxy groups -OCH3 is 1. The molecule has 2 heterocycles. The molecule has 2 aliphatic heterocycles. The van der Waals surface area contributed by atoms with Gasteiger partial charge in [-0.25, -0.2) is 0 Å². The van der Waals surface area contributed by atoms with Crippen LogP contribution >= 0.6 is 15.9 Å². The SMILES string of the molecule is COCCOCOc1cc2c(cc1Br)C(=O)CC1(CCOCC1)O2. The molecule has 2 aliphatic rings. The summed E-state index contributed by atoms with van der Waals surface area (Å²) in [4.78, 5) is 12.5. The molecule has 3 rings (SSSR count). The van der Waals surface area contributed by atoms with E-state index in [-0.39, 0.29) is 12.6 Å². The second kappa shape index (κ2) is 7.82. The van der Waals surface area contributed by atoms with Crippen LogP contribution in [0.5, 0.6) is 11.5 Å². The lowest BCUT2D eigenvalue weighted by Crippen LogP contribution is -2.46. The van der Waals surface area contributed by atoms with Crippen LogP contribution in [0.15, 0.2) is 16.6 Å². The van der Waals surface area contributed by atoms with E-state index in [0.29, 0.717) is 54.4 Å². The predicted molar refractivity (Wildman–Crippen MR) is 89.8 cm³/mol. The molecule has 0 radical (unpaired) electrons. The molecule has 1 fully saturated rings. The molecular weight excluding hydrogens is 380 g/mol. The van der Waals surface area contributed by atoms with Gasteiger partial charge in [-0.05, 0) is 22.0 Å². The lowest BCUT2D eigenvalue weighted by Gasteiger charge is -2.40. The van der Waals surface area contributed by atoms with Gasteiger partial charge in [-0.2, -0.15) is 0 Å². The number of carbonyl (C=O) groups is 1. The van der Waals surface area contributed by atoms with Gasteiger partial charge in [-0.1, -0.05) is 0 Å². The monoisotopic (exact) mass is 400 g/mol. The summed E-state index contributed by atoms with van der Waals surface area (Å²) in [6.07, 6.45) is 1.85. The summed E-state index contributed by atoms with van der Waals surface area (Å²) in [5.41, 5.74) is 0.147. The molecule has 0 unspecified atom stereocenters. The van der Waals surface area contributed by atoms with E-state index in [0.717, 1.165) is 12.8 Å². The number of fused-ring (bicyclic) bond motifs is 1. The van der Waals surface area contributed by atoms with E-state index in [1.807, 2.05) is 0 Å². The van der Waals surface area contributed by atoms with Crippen molar-refractivity contribution in [3.05, 3.63) is 22.2 Å². The first-order valence-electron chi connectivity index (χ1n) is 7.96. The quantitative estimate of drug-likeness (QED) is 0.540. The molecule has 6 nitrogen and oxygen atoms in total. The second-order valence-electron chi connectivity index (χ2n) is 5.94. The Hall–Kier alpha value is -1.15. The maximum absolute atomic E-state index is 12.5. The summed E-state index contributed by atoms with van der Waals surface area (Å²) < 4.78 is 28.2. The highest BCUT2D eigenvalue weighted by atomic mass is 79.9. The largest absolute Gasteiger partial charge is 0.486 e. The highest BCUT2D eigenvalue weighted by Gasteiger charge is 2.42. The van der Waals surface area contributed by atoms with Gasteiger partial charge >= 0.3 is 0 Å². The van der Waals surface area contributed by atoms with Gasteiger partial charge in [0.2, 0.25) is 0 Å². The Balaban J connectivity index is 1.73. The van der Waals surface area contributed by atoms with Crippen LogP contribution in [0, 0.1) is 0 Å². The molecule has 132 valence electrons. The van der Waals surface area contributed by atoms with Crippen LogP contribution in [-0.2, 0) is 14.2 Å². The fraction of sp³-hybridized carbons (Fsp3) is 0.588. The predicted octanol–water partition coefficient (Wildman–Crippen LogP) is 2.96. The number of carbonyl (C=O) groups excluding carboxylic acids is 1. The fourth-order valence-corrected chi connectivity index (χ4v) is 3.39. The first kappa shape index (κ1) is 17.7. The number of ether oxygens (including phenoxy) is 5. The Morgan fingerprint density at radius 3 is 2.79 bits per heavy atom. The van der Waals surface area contributed by atoms with Crippen LogP contribution in [-0.4, -0.2) is 51.7 Å². The van der Waals surface area contributed by atoms with Crippen molar-refractivity contribution in [2.75, 3.05) is 40.3 Å². The molecule has 1 saturated heterocycles. The van der Waals surface area contributed by atoms with Crippen molar-refractivity contribution in [3.63, 3.8) is 0 Å². The minimum Gasteiger partial charge on any atom is -0.486 e. The summed E-state index contributed by atoms with van der Waals surface area (Å²) in [5, 5.41) is 0. The van der Waals surface area contributed by atoms with Crippen molar-refractivity contribution in [2.24, 2.45) is 0 Å². The van der Waals surface area contributed by atoms with E-state index in [2.05, 4.69) is 15.9 Å². The number of rotatable bonds is 6. The maximum atomic E-state index is 12.5. The maximum Gasteiger partial charge on any atom is 0.189 e. The van der Waals surface area contributed by atoms with Crippen LogP contribution < -0.4 is 9.47 Å². The van der Waals surface area contributed by atoms with Gasteiger partial charge < -0.3 is 23.7 Å². The molecule has 0 amide bonds. The van der Waals surface area contributed by atoms with Crippen LogP contribution in [0.1, 0.15) is 29.6 Å². The van der Waals surface area contributed by atoms with E-state index in [1.165, 1.54) is 0 Å². The molecule has 0 aliphatic carbocycles. The average molecular weight is 401 g/mol. The minimum absolute atomic E-state index is 0.0988. The van der Waals surface area contributed by atoms with Crippen molar-refractivity contribution in [1.29, 1.82) is 0 Å². The number of hydrogen-bond acceptors (Lipinski definition) is 6. The molecule has 0 N–H and O–H groups in total. The van der Waals surface area contributed by atoms with E-state index < -0.39 is 5.60 Å². The number of benzene rings is 1. The van der Waals surface area contributed by atoms with Crippen molar-refractivity contribution in [1.82, 2.24) is 0 Å². The summed E-state index contributed by atoms with van der Waals surface area (Å²) in [5.74, 6) is 1.26. The third-order valence-electron chi connectivity index (χ3n) is 4.28. The van der Waals surface area contributed by atoms with Crippen LogP contribution in [0.3, 0.4) is 0 Å². The Morgan fingerprint density at radius 1 is 1.25 bits per heavy atom. The first-order valence-corrected chi connectivity index (χ1v) is 8.76. The number of Topliss-reactive ketones (excluding diaryl/α,β-unsaturated/α-hetero) is 1. The zero-order chi connectivity index (χ0) is 17.0. The Kier molecular flexibility index (Phi) is 5.76. The van der Waals surface area contributed by atoms with E-state index >= 15 is 0 Å². The average Bonchev–Trinajstić information content (AvgIpc) is 2.57. The lowest BCUT2D eigenvalue weighted by atomic mass is 9.84. The van der Waals surface area contributed by atoms with Crippen LogP contribution in [0.4, 0.5) is 0 Å². The van der Waals surface area contributed by atoms with Crippen molar-refractivity contribution in [2.45, 2.75) is 24.9 Å². The second-order valence-corrected chi connectivity index (χ2v) is 6.79. The Morgan fingerprint density at radius 2 is 2.04 bits per heavy atom. The molecule has 0 bridgehead atoms. The standard InChI is InChI=1S/C17H21BrO6/c1-20-6-7-22-11-23-16-9-15-12(8-13(16)18)14(19)10-17(24-15)2-4-21-5-3-17/h8-9H,2-7,10-11H2,1H3. The van der Waals surface area contributed by atoms with Gasteiger partial charge in [0.15, 0.2) is 12.6 Å². The molecule has 0 saturated carbocycles. The zero-order valence-electron chi connectivity index (χ0n) is 13.6. The molecule has 1 spiro atoms. The molecule has 0 atom stereocenters. The van der Waals surface area contributed by atoms with E-state index in [4.69, 9.17) is 23.7 Å². The van der Waals surface area contributed by atoms with Crippen molar-refractivity contribution < 1.29 is 28.5 Å². The summed E-state index contributed by atoms with van der Waals surface area (Å²) in [6.45, 7) is 2.31. The summed E-state index contributed by atoms with van der Waals surface area (Å²) >= 11 is 3.44. The smallest absolute Gasteiger partial charge is 0.189 e. The van der Waals surface area contributed by atoms with Gasteiger partial charge in [0.1, 0.15) is 17.1 Å². The molecular formula is C17H21BrO6. The normalized spacial score (nSPS) is 19.0. The summed E-state index contributed by atoms with van der Waals surface area (Å²) in [6, 6.07) is 3.52. The number of hydrogen-bond donors (Lipinski definition) is 0. The fourth-order valence-electron chi connectivity index (χ4n) is 2.93. The third kappa shape index (κ3) is 3.91. The molecule has 0 aromatic heterocycles. The highest BCUT2D eigenvalue weighted by molar-refractivity contribution is 9.10. The van der Waals surface area contributed by atoms with Gasteiger partial charge in [-0.3, -0.25) is 4.79 Å². The first-order chi connectivity index (χ1) is 11.6. The van der Waals surface area contributed by atoms with Crippen molar-refractivity contribution >= 4 is 21.7 Å². The van der Waals surface area contributed by atoms with Gasteiger partial charge in [0.05, 0.1) is 42.9 Å². The van der Waals surface area contributed by atoms with E-state index in [9.17, 15) is 4.79 Å². The van der Waals surface area contributed by atoms with Gasteiger partial charge in [0, 0.05) is 26.0 Å². The Bertz CT molecular complexity index is 597. The molecule has 1 aromatic rings. The minimum atomic E-state index is -0.442. The topological polar surface area (TPSA) is 63.2 Å². The number of halogens is 1. The highest BCUT2D eigenvalue weighted by Crippen LogP contribution is 2.42. The molecule has 7 heteroatoms.